The van der Waals surface area contributed by atoms with Crippen LogP contribution < -0.4 is 0 Å². The summed E-state index contributed by atoms with van der Waals surface area (Å²) in [6.45, 7) is 2.22. The molecule has 0 amide bonds. The van der Waals surface area contributed by atoms with Gasteiger partial charge in [-0.05, 0) is 44.1 Å². The molecule has 27 heavy (non-hydrogen) atoms. The molecule has 0 saturated carbocycles. The molecule has 0 unspecified atom stereocenters. The van der Waals surface area contributed by atoms with Gasteiger partial charge in [-0.25, -0.2) is 0 Å². The van der Waals surface area contributed by atoms with Gasteiger partial charge in [0.05, 0.1) is 0 Å². The summed E-state index contributed by atoms with van der Waals surface area (Å²) in [5.41, 5.74) is 3.57. The van der Waals surface area contributed by atoms with E-state index in [1.165, 1.54) is 11.1 Å². The Kier molecular flexibility index (Phi) is 4.22. The zero-order valence-corrected chi connectivity index (χ0v) is 16.1. The van der Waals surface area contributed by atoms with Crippen LogP contribution in [-0.2, 0) is 0 Å². The topological polar surface area (TPSA) is 46.3 Å². The molecule has 0 aliphatic carbocycles. The van der Waals surface area contributed by atoms with Gasteiger partial charge in [-0.15, -0.1) is 10.2 Å². The van der Waals surface area contributed by atoms with Crippen LogP contribution in [0.3, 0.4) is 0 Å². The predicted octanol–water partition coefficient (Wildman–Crippen LogP) is 4.33. The third-order valence-electron chi connectivity index (χ3n) is 5.34. The maximum atomic E-state index is 4.84. The van der Waals surface area contributed by atoms with E-state index in [1.807, 2.05) is 10.6 Å². The fourth-order valence-electron chi connectivity index (χ4n) is 3.71. The number of benzene rings is 2. The number of aromatic nitrogens is 4. The molecule has 0 radical (unpaired) electrons. The van der Waals surface area contributed by atoms with Crippen LogP contribution in [0.5, 0.6) is 0 Å². The van der Waals surface area contributed by atoms with E-state index in [2.05, 4.69) is 70.7 Å². The van der Waals surface area contributed by atoms with E-state index < -0.39 is 0 Å². The molecule has 3 heterocycles. The van der Waals surface area contributed by atoms with E-state index in [1.54, 1.807) is 11.3 Å². The Morgan fingerprint density at radius 2 is 1.52 bits per heavy atom. The van der Waals surface area contributed by atoms with E-state index >= 15 is 0 Å². The number of fused-ring (bicyclic) bond motifs is 1. The van der Waals surface area contributed by atoms with Gasteiger partial charge >= 0.3 is 0 Å². The molecule has 136 valence electrons. The van der Waals surface area contributed by atoms with Gasteiger partial charge < -0.3 is 4.90 Å². The number of hydrogen-bond donors (Lipinski definition) is 0. The van der Waals surface area contributed by atoms with Crippen LogP contribution >= 0.6 is 11.3 Å². The molecule has 1 saturated heterocycles. The third-order valence-corrected chi connectivity index (χ3v) is 6.29. The highest BCUT2D eigenvalue weighted by Crippen LogP contribution is 2.31. The molecule has 1 fully saturated rings. The fourth-order valence-corrected chi connectivity index (χ4v) is 4.56. The van der Waals surface area contributed by atoms with Crippen LogP contribution in [0.2, 0.25) is 0 Å². The van der Waals surface area contributed by atoms with Gasteiger partial charge in [0.15, 0.2) is 5.82 Å². The lowest BCUT2D eigenvalue weighted by Crippen LogP contribution is -2.30. The summed E-state index contributed by atoms with van der Waals surface area (Å²) in [7, 11) is 2.18. The van der Waals surface area contributed by atoms with Crippen LogP contribution in [-0.4, -0.2) is 44.8 Å². The number of piperidine rings is 1. The molecule has 5 nitrogen and oxygen atoms in total. The normalized spacial score (nSPS) is 16.2. The zero-order chi connectivity index (χ0) is 18.2. The number of likely N-dealkylation sites (tertiary alicyclic amines) is 1. The van der Waals surface area contributed by atoms with Crippen molar-refractivity contribution < 1.29 is 0 Å². The largest absolute Gasteiger partial charge is 0.306 e. The first-order chi connectivity index (χ1) is 13.3. The minimum Gasteiger partial charge on any atom is -0.306 e. The second-order valence-electron chi connectivity index (χ2n) is 7.18. The van der Waals surface area contributed by atoms with Crippen molar-refractivity contribution in [3.63, 3.8) is 0 Å². The summed E-state index contributed by atoms with van der Waals surface area (Å²) < 4.78 is 1.96. The van der Waals surface area contributed by atoms with Crippen molar-refractivity contribution in [3.8, 4) is 21.7 Å². The van der Waals surface area contributed by atoms with E-state index in [0.29, 0.717) is 5.92 Å². The average Bonchev–Trinajstić information content (AvgIpc) is 3.31. The molecule has 4 aromatic rings. The molecule has 0 N–H and O–H groups in total. The van der Waals surface area contributed by atoms with Crippen molar-refractivity contribution in [2.24, 2.45) is 0 Å². The summed E-state index contributed by atoms with van der Waals surface area (Å²) in [5.74, 6) is 1.47. The molecule has 0 spiro atoms. The molecule has 1 aliphatic rings. The second kappa shape index (κ2) is 6.87. The van der Waals surface area contributed by atoms with E-state index in [4.69, 9.17) is 5.10 Å². The fraction of sp³-hybridized carbons (Fsp3) is 0.286. The summed E-state index contributed by atoms with van der Waals surface area (Å²) in [4.78, 5) is 3.25. The molecule has 0 bridgehead atoms. The average molecular weight is 376 g/mol. The smallest absolute Gasteiger partial charge is 0.234 e. The maximum absolute atomic E-state index is 4.84. The minimum atomic E-state index is 0.451. The Balaban J connectivity index is 1.44. The Labute approximate surface area is 162 Å². The van der Waals surface area contributed by atoms with Crippen molar-refractivity contribution in [2.45, 2.75) is 18.8 Å². The predicted molar refractivity (Wildman–Crippen MR) is 109 cm³/mol. The Morgan fingerprint density at radius 1 is 0.852 bits per heavy atom. The van der Waals surface area contributed by atoms with E-state index in [9.17, 15) is 0 Å². The molecule has 1 aliphatic heterocycles. The molecule has 2 aromatic carbocycles. The van der Waals surface area contributed by atoms with E-state index in [-0.39, 0.29) is 0 Å². The van der Waals surface area contributed by atoms with Crippen molar-refractivity contribution >= 4 is 16.3 Å². The summed E-state index contributed by atoms with van der Waals surface area (Å²) >= 11 is 1.61. The van der Waals surface area contributed by atoms with Crippen LogP contribution in [0, 0.1) is 0 Å². The lowest BCUT2D eigenvalue weighted by Gasteiger charge is -2.27. The van der Waals surface area contributed by atoms with Crippen molar-refractivity contribution in [1.82, 2.24) is 24.7 Å². The van der Waals surface area contributed by atoms with Gasteiger partial charge in [-0.2, -0.15) is 9.61 Å². The Bertz CT molecular complexity index is 1040. The second-order valence-corrected chi connectivity index (χ2v) is 8.14. The van der Waals surface area contributed by atoms with Crippen LogP contribution in [0.25, 0.3) is 26.7 Å². The summed E-state index contributed by atoms with van der Waals surface area (Å²) in [5, 5.41) is 14.6. The van der Waals surface area contributed by atoms with E-state index in [0.717, 1.165) is 47.3 Å². The number of nitrogens with zero attached hydrogens (tertiary/aromatic N) is 5. The lowest BCUT2D eigenvalue weighted by molar-refractivity contribution is 0.250. The van der Waals surface area contributed by atoms with Crippen LogP contribution in [0.4, 0.5) is 0 Å². The van der Waals surface area contributed by atoms with Gasteiger partial charge in [-0.1, -0.05) is 65.9 Å². The molecule has 2 aromatic heterocycles. The molecule has 0 atom stereocenters. The number of rotatable bonds is 3. The first kappa shape index (κ1) is 16.6. The first-order valence-electron chi connectivity index (χ1n) is 9.34. The van der Waals surface area contributed by atoms with Crippen molar-refractivity contribution in [2.75, 3.05) is 20.1 Å². The molecular weight excluding hydrogens is 354 g/mol. The maximum Gasteiger partial charge on any atom is 0.234 e. The Hall–Kier alpha value is -2.57. The van der Waals surface area contributed by atoms with Crippen molar-refractivity contribution in [1.29, 1.82) is 0 Å². The third kappa shape index (κ3) is 3.15. The van der Waals surface area contributed by atoms with Crippen LogP contribution in [0.1, 0.15) is 24.6 Å². The standard InChI is InChI=1S/C21H21N5S/c1-25-13-11-17(12-14-25)19-22-23-21-26(19)24-20(27-21)18-9-7-16(8-10-18)15-5-3-2-4-6-15/h2-10,17H,11-14H2,1H3. The SMILES string of the molecule is CN1CCC(c2nnc3sc(-c4ccc(-c5ccccc5)cc4)nn23)CC1. The molecular formula is C21H21N5S. The summed E-state index contributed by atoms with van der Waals surface area (Å²) in [6, 6.07) is 19.0. The molecule has 5 rings (SSSR count). The highest BCUT2D eigenvalue weighted by atomic mass is 32.1. The van der Waals surface area contributed by atoms with Gasteiger partial charge in [0, 0.05) is 11.5 Å². The van der Waals surface area contributed by atoms with Gasteiger partial charge in [0.25, 0.3) is 0 Å². The summed E-state index contributed by atoms with van der Waals surface area (Å²) in [6.07, 6.45) is 2.24. The van der Waals surface area contributed by atoms with Crippen molar-refractivity contribution in [3.05, 3.63) is 60.4 Å². The first-order valence-corrected chi connectivity index (χ1v) is 10.2. The highest BCUT2D eigenvalue weighted by molar-refractivity contribution is 7.19. The van der Waals surface area contributed by atoms with Gasteiger partial charge in [-0.3, -0.25) is 0 Å². The van der Waals surface area contributed by atoms with Crippen LogP contribution in [0.15, 0.2) is 54.6 Å². The zero-order valence-electron chi connectivity index (χ0n) is 15.2. The number of hydrogen-bond acceptors (Lipinski definition) is 5. The monoisotopic (exact) mass is 375 g/mol. The Morgan fingerprint density at radius 3 is 2.26 bits per heavy atom. The van der Waals surface area contributed by atoms with Gasteiger partial charge in [0.1, 0.15) is 5.01 Å². The highest BCUT2D eigenvalue weighted by Gasteiger charge is 2.24. The lowest BCUT2D eigenvalue weighted by atomic mass is 9.96. The quantitative estimate of drug-likeness (QED) is 0.535. The molecule has 6 heteroatoms. The minimum absolute atomic E-state index is 0.451. The van der Waals surface area contributed by atoms with Gasteiger partial charge in [0.2, 0.25) is 4.96 Å².